The zero-order chi connectivity index (χ0) is 22.9. The largest absolute Gasteiger partial charge is 0.496 e. The van der Waals surface area contributed by atoms with E-state index in [9.17, 15) is 9.90 Å². The second-order valence-corrected chi connectivity index (χ2v) is 8.47. The van der Waals surface area contributed by atoms with Crippen LogP contribution in [-0.4, -0.2) is 48.6 Å². The van der Waals surface area contributed by atoms with Crippen LogP contribution in [-0.2, 0) is 0 Å². The minimum atomic E-state index is -0.500. The molecule has 0 spiro atoms. The summed E-state index contributed by atoms with van der Waals surface area (Å²) >= 11 is 6.27. The third kappa shape index (κ3) is 4.05. The van der Waals surface area contributed by atoms with E-state index in [-0.39, 0.29) is 11.9 Å². The molecule has 170 valence electrons. The van der Waals surface area contributed by atoms with Crippen molar-refractivity contribution in [1.82, 2.24) is 24.4 Å². The lowest BCUT2D eigenvalue weighted by molar-refractivity contribution is 0.0696. The first-order valence-electron chi connectivity index (χ1n) is 10.8. The quantitative estimate of drug-likeness (QED) is 0.460. The Kier molecular flexibility index (Phi) is 5.74. The van der Waals surface area contributed by atoms with Crippen molar-refractivity contribution in [3.8, 4) is 17.0 Å². The second kappa shape index (κ2) is 8.84. The fourth-order valence-electron chi connectivity index (χ4n) is 4.29. The van der Waals surface area contributed by atoms with Gasteiger partial charge < -0.3 is 15.2 Å². The van der Waals surface area contributed by atoms with Crippen molar-refractivity contribution in [2.75, 3.05) is 12.4 Å². The summed E-state index contributed by atoms with van der Waals surface area (Å²) in [4.78, 5) is 17.5. The average Bonchev–Trinajstić information content (AvgIpc) is 3.44. The minimum absolute atomic E-state index is 0.174. The van der Waals surface area contributed by atoms with Crippen LogP contribution >= 0.6 is 11.6 Å². The molecule has 1 saturated carbocycles. The normalized spacial score (nSPS) is 18.4. The third-order valence-electron chi connectivity index (χ3n) is 5.95. The number of ether oxygens (including phenoxy) is 1. The van der Waals surface area contributed by atoms with Gasteiger partial charge in [0, 0.05) is 29.2 Å². The summed E-state index contributed by atoms with van der Waals surface area (Å²) in [6.45, 7) is 0. The van der Waals surface area contributed by atoms with E-state index in [0.29, 0.717) is 38.9 Å². The predicted octanol–water partition coefficient (Wildman–Crippen LogP) is 3.98. The highest BCUT2D eigenvalue weighted by molar-refractivity contribution is 6.31. The molecular formula is C23H23ClN6O3. The summed E-state index contributed by atoms with van der Waals surface area (Å²) in [6.07, 6.45) is 9.59. The number of nitrogens with zero attached hydrogens (tertiary/aromatic N) is 5. The summed E-state index contributed by atoms with van der Waals surface area (Å²) in [5.41, 5.74) is 2.41. The molecule has 33 heavy (non-hydrogen) atoms. The average molecular weight is 467 g/mol. The van der Waals surface area contributed by atoms with Crippen LogP contribution in [0.5, 0.6) is 5.75 Å². The minimum Gasteiger partial charge on any atom is -0.496 e. The van der Waals surface area contributed by atoms with Gasteiger partial charge in [-0.15, -0.1) is 0 Å². The van der Waals surface area contributed by atoms with Crippen molar-refractivity contribution in [3.05, 3.63) is 59.6 Å². The number of hydrogen-bond donors (Lipinski definition) is 2. The molecule has 0 bridgehead atoms. The highest BCUT2D eigenvalue weighted by Gasteiger charge is 2.28. The molecule has 0 saturated heterocycles. The molecule has 1 aromatic carbocycles. The molecule has 4 aromatic rings. The number of amides is 1. The van der Waals surface area contributed by atoms with Crippen LogP contribution in [0.2, 0.25) is 5.02 Å². The van der Waals surface area contributed by atoms with Gasteiger partial charge in [-0.3, -0.25) is 9.48 Å². The first-order valence-corrected chi connectivity index (χ1v) is 11.1. The van der Waals surface area contributed by atoms with Crippen LogP contribution in [0.4, 0.5) is 5.69 Å². The number of fused-ring (bicyclic) bond motifs is 1. The van der Waals surface area contributed by atoms with Gasteiger partial charge in [0.15, 0.2) is 5.65 Å². The molecule has 9 nitrogen and oxygen atoms in total. The highest BCUT2D eigenvalue weighted by Crippen LogP contribution is 2.38. The number of nitrogens with one attached hydrogen (secondary N) is 1. The van der Waals surface area contributed by atoms with E-state index in [1.54, 1.807) is 54.6 Å². The van der Waals surface area contributed by atoms with Crippen LogP contribution in [0, 0.1) is 0 Å². The summed E-state index contributed by atoms with van der Waals surface area (Å²) < 4.78 is 8.81. The van der Waals surface area contributed by atoms with E-state index >= 15 is 0 Å². The summed E-state index contributed by atoms with van der Waals surface area (Å²) in [5.74, 6) is 0.205. The Labute approximate surface area is 195 Å². The molecule has 1 aliphatic carbocycles. The number of aliphatic hydroxyl groups excluding tert-OH is 1. The lowest BCUT2D eigenvalue weighted by Crippen LogP contribution is -2.27. The Balaban J connectivity index is 1.58. The van der Waals surface area contributed by atoms with Gasteiger partial charge >= 0.3 is 0 Å². The SMILES string of the molecule is COc1ccc(Cl)cc1-c1nn([C@H]2CCCC[C@H]2O)cc1NC(=O)c1cnn2cccnc12. The molecular weight excluding hydrogens is 444 g/mol. The van der Waals surface area contributed by atoms with Crippen molar-refractivity contribution in [3.63, 3.8) is 0 Å². The van der Waals surface area contributed by atoms with E-state index in [1.807, 2.05) is 0 Å². The maximum Gasteiger partial charge on any atom is 0.261 e. The third-order valence-corrected chi connectivity index (χ3v) is 6.19. The number of rotatable bonds is 5. The van der Waals surface area contributed by atoms with E-state index in [2.05, 4.69) is 15.4 Å². The maximum absolute atomic E-state index is 13.2. The number of aliphatic hydroxyl groups is 1. The van der Waals surface area contributed by atoms with Gasteiger partial charge in [0.25, 0.3) is 5.91 Å². The number of hydrogen-bond acceptors (Lipinski definition) is 6. The van der Waals surface area contributed by atoms with Crippen LogP contribution < -0.4 is 10.1 Å². The number of aromatic nitrogens is 5. The van der Waals surface area contributed by atoms with Crippen molar-refractivity contribution in [1.29, 1.82) is 0 Å². The van der Waals surface area contributed by atoms with Gasteiger partial charge in [-0.25, -0.2) is 9.50 Å². The number of halogens is 1. The van der Waals surface area contributed by atoms with E-state index < -0.39 is 6.10 Å². The number of carbonyl (C=O) groups excluding carboxylic acids is 1. The molecule has 0 aliphatic heterocycles. The van der Waals surface area contributed by atoms with Crippen molar-refractivity contribution < 1.29 is 14.6 Å². The second-order valence-electron chi connectivity index (χ2n) is 8.04. The van der Waals surface area contributed by atoms with Gasteiger partial charge in [0.2, 0.25) is 0 Å². The van der Waals surface area contributed by atoms with Crippen LogP contribution in [0.15, 0.2) is 49.1 Å². The molecule has 3 heterocycles. The van der Waals surface area contributed by atoms with Gasteiger partial charge in [-0.1, -0.05) is 24.4 Å². The van der Waals surface area contributed by atoms with Gasteiger partial charge in [0.05, 0.1) is 31.1 Å². The molecule has 1 fully saturated rings. The number of methoxy groups -OCH3 is 1. The van der Waals surface area contributed by atoms with E-state index in [4.69, 9.17) is 21.4 Å². The van der Waals surface area contributed by atoms with Crippen molar-refractivity contribution >= 4 is 28.8 Å². The van der Waals surface area contributed by atoms with Crippen molar-refractivity contribution in [2.45, 2.75) is 37.8 Å². The van der Waals surface area contributed by atoms with E-state index in [1.165, 1.54) is 10.7 Å². The molecule has 5 rings (SSSR count). The maximum atomic E-state index is 13.2. The number of carbonyl (C=O) groups is 1. The Morgan fingerprint density at radius 2 is 2.15 bits per heavy atom. The Morgan fingerprint density at radius 1 is 1.30 bits per heavy atom. The Morgan fingerprint density at radius 3 is 2.97 bits per heavy atom. The highest BCUT2D eigenvalue weighted by atomic mass is 35.5. The topological polar surface area (TPSA) is 107 Å². The fourth-order valence-corrected chi connectivity index (χ4v) is 4.47. The fraction of sp³-hybridized carbons (Fsp3) is 0.304. The lowest BCUT2D eigenvalue weighted by Gasteiger charge is -2.27. The van der Waals surface area contributed by atoms with Crippen LogP contribution in [0.3, 0.4) is 0 Å². The van der Waals surface area contributed by atoms with Gasteiger partial charge in [-0.05, 0) is 37.1 Å². The van der Waals surface area contributed by atoms with E-state index in [0.717, 1.165) is 25.7 Å². The molecule has 1 aliphatic rings. The summed E-state index contributed by atoms with van der Waals surface area (Å²) in [5, 5.41) is 23.0. The molecule has 3 aromatic heterocycles. The number of benzene rings is 1. The van der Waals surface area contributed by atoms with Crippen LogP contribution in [0.25, 0.3) is 16.9 Å². The molecule has 0 radical (unpaired) electrons. The zero-order valence-electron chi connectivity index (χ0n) is 18.0. The standard InChI is InChI=1S/C23H23ClN6O3/c1-33-20-8-7-14(24)11-15(20)21-17(13-30(28-21)18-5-2-3-6-19(18)31)27-23(32)16-12-26-29-10-4-9-25-22(16)29/h4,7-13,18-19,31H,2-3,5-6H2,1H3,(H,27,32)/t18-,19+/m0/s1. The summed E-state index contributed by atoms with van der Waals surface area (Å²) in [7, 11) is 1.57. The molecule has 0 unspecified atom stereocenters. The first-order chi connectivity index (χ1) is 16.0. The summed E-state index contributed by atoms with van der Waals surface area (Å²) in [6, 6.07) is 6.80. The molecule has 2 atom stereocenters. The first kappa shape index (κ1) is 21.4. The Bertz CT molecular complexity index is 1320. The zero-order valence-corrected chi connectivity index (χ0v) is 18.7. The smallest absolute Gasteiger partial charge is 0.261 e. The van der Waals surface area contributed by atoms with Crippen LogP contribution in [0.1, 0.15) is 42.1 Å². The number of anilines is 1. The van der Waals surface area contributed by atoms with Gasteiger partial charge in [-0.2, -0.15) is 10.2 Å². The molecule has 2 N–H and O–H groups in total. The monoisotopic (exact) mass is 466 g/mol. The molecule has 1 amide bonds. The van der Waals surface area contributed by atoms with Gasteiger partial charge in [0.1, 0.15) is 17.0 Å². The van der Waals surface area contributed by atoms with Crippen molar-refractivity contribution in [2.24, 2.45) is 0 Å². The predicted molar refractivity (Wildman–Crippen MR) is 124 cm³/mol. The Hall–Kier alpha value is -3.43. The molecule has 10 heteroatoms. The lowest BCUT2D eigenvalue weighted by atomic mass is 9.93.